The molecule has 2 heterocycles. The fourth-order valence-corrected chi connectivity index (χ4v) is 4.44. The maximum atomic E-state index is 11.4. The Bertz CT molecular complexity index is 1220. The summed E-state index contributed by atoms with van der Waals surface area (Å²) in [6.45, 7) is 3.38. The monoisotopic (exact) mass is 467 g/mol. The quantitative estimate of drug-likeness (QED) is 0.441. The summed E-state index contributed by atoms with van der Waals surface area (Å²) in [4.78, 5) is 34.4. The van der Waals surface area contributed by atoms with Crippen molar-refractivity contribution in [3.63, 3.8) is 0 Å². The van der Waals surface area contributed by atoms with Crippen LogP contribution in [0.25, 0.3) is 28.0 Å². The Morgan fingerprint density at radius 3 is 2.58 bits per heavy atom. The number of imidazole rings is 1. The van der Waals surface area contributed by atoms with E-state index in [1.807, 2.05) is 12.1 Å². The van der Waals surface area contributed by atoms with Gasteiger partial charge in [-0.05, 0) is 55.7 Å². The highest BCUT2D eigenvalue weighted by Crippen LogP contribution is 2.34. The molecule has 3 aromatic rings. The first-order chi connectivity index (χ1) is 15.8. The zero-order valence-electron chi connectivity index (χ0n) is 18.6. The van der Waals surface area contributed by atoms with Crippen molar-refractivity contribution in [3.8, 4) is 17.3 Å². The molecule has 1 aromatic carbocycles. The third-order valence-electron chi connectivity index (χ3n) is 5.93. The molecule has 2 aromatic heterocycles. The Kier molecular flexibility index (Phi) is 6.79. The van der Waals surface area contributed by atoms with Crippen molar-refractivity contribution in [2.75, 3.05) is 0 Å². The minimum Gasteiger partial charge on any atom is -0.479 e. The maximum absolute atomic E-state index is 11.4. The van der Waals surface area contributed by atoms with Crippen LogP contribution in [0.1, 0.15) is 51.5 Å². The second kappa shape index (κ2) is 9.75. The predicted molar refractivity (Wildman–Crippen MR) is 127 cm³/mol. The average Bonchev–Trinajstić information content (AvgIpc) is 3.18. The van der Waals surface area contributed by atoms with Crippen LogP contribution in [0.3, 0.4) is 0 Å². The van der Waals surface area contributed by atoms with Crippen LogP contribution in [0.2, 0.25) is 5.02 Å². The summed E-state index contributed by atoms with van der Waals surface area (Å²) in [5.41, 5.74) is 4.89. The van der Waals surface area contributed by atoms with Gasteiger partial charge in [-0.2, -0.15) is 4.98 Å². The van der Waals surface area contributed by atoms with Gasteiger partial charge >= 0.3 is 5.97 Å². The van der Waals surface area contributed by atoms with E-state index in [1.54, 1.807) is 19.9 Å². The normalized spacial score (nSPS) is 16.9. The van der Waals surface area contributed by atoms with E-state index >= 15 is 0 Å². The van der Waals surface area contributed by atoms with Crippen molar-refractivity contribution in [3.05, 3.63) is 47.0 Å². The number of carbonyl (C=O) groups excluding carboxylic acids is 1. The molecule has 0 aliphatic heterocycles. The second-order valence-corrected chi connectivity index (χ2v) is 8.85. The van der Waals surface area contributed by atoms with E-state index in [9.17, 15) is 14.7 Å². The van der Waals surface area contributed by atoms with Gasteiger partial charge in [-0.25, -0.2) is 9.78 Å². The molecule has 0 radical (unpaired) electrons. The Labute approximate surface area is 196 Å². The Morgan fingerprint density at radius 1 is 1.24 bits per heavy atom. The first kappa shape index (κ1) is 23.0. The fraction of sp³-hybridized carbons (Fsp3) is 0.360. The van der Waals surface area contributed by atoms with Gasteiger partial charge in [0, 0.05) is 12.0 Å². The SMILES string of the molecule is CCC(Oc1nc2nc(-c3ccc(C4=CCC(CC(C)=O)CC4)cc3)c(Cl)cc2[nH]1)C(=O)O. The number of carbonyl (C=O) groups is 2. The third kappa shape index (κ3) is 5.25. The molecule has 0 amide bonds. The molecular weight excluding hydrogens is 442 g/mol. The van der Waals surface area contributed by atoms with Crippen molar-refractivity contribution in [2.24, 2.45) is 5.92 Å². The van der Waals surface area contributed by atoms with Crippen LogP contribution in [0, 0.1) is 5.92 Å². The van der Waals surface area contributed by atoms with Crippen LogP contribution in [-0.2, 0) is 9.59 Å². The minimum atomic E-state index is -1.05. The molecule has 4 rings (SSSR count). The number of ether oxygens (including phenoxy) is 1. The van der Waals surface area contributed by atoms with Gasteiger partial charge in [0.05, 0.1) is 16.2 Å². The van der Waals surface area contributed by atoms with E-state index in [4.69, 9.17) is 16.3 Å². The number of pyridine rings is 1. The number of allylic oxidation sites excluding steroid dienone is 2. The number of carboxylic acids is 1. The van der Waals surface area contributed by atoms with E-state index in [0.717, 1.165) is 30.4 Å². The molecule has 0 fully saturated rings. The van der Waals surface area contributed by atoms with Crippen molar-refractivity contribution in [2.45, 2.75) is 52.1 Å². The van der Waals surface area contributed by atoms with Crippen LogP contribution in [0.5, 0.6) is 6.01 Å². The van der Waals surface area contributed by atoms with E-state index < -0.39 is 12.1 Å². The van der Waals surface area contributed by atoms with Gasteiger partial charge in [-0.15, -0.1) is 0 Å². The lowest BCUT2D eigenvalue weighted by atomic mass is 9.84. The summed E-state index contributed by atoms with van der Waals surface area (Å²) in [6.07, 6.45) is 5.16. The minimum absolute atomic E-state index is 0.0997. The molecule has 1 aliphatic carbocycles. The molecule has 2 N–H and O–H groups in total. The van der Waals surface area contributed by atoms with Crippen molar-refractivity contribution in [1.82, 2.24) is 15.0 Å². The zero-order valence-corrected chi connectivity index (χ0v) is 19.4. The number of Topliss-reactive ketones (excluding diaryl/α,β-unsaturated/α-hetero) is 1. The summed E-state index contributed by atoms with van der Waals surface area (Å²) in [7, 11) is 0. The van der Waals surface area contributed by atoms with E-state index in [1.165, 1.54) is 5.57 Å². The molecule has 7 nitrogen and oxygen atoms in total. The molecular formula is C25H26ClN3O4. The number of carboxylic acid groups (broad SMARTS) is 1. The smallest absolute Gasteiger partial charge is 0.345 e. The van der Waals surface area contributed by atoms with Crippen LogP contribution in [0.4, 0.5) is 0 Å². The number of aromatic amines is 1. The highest BCUT2D eigenvalue weighted by Gasteiger charge is 2.20. The number of nitrogens with one attached hydrogen (secondary N) is 1. The van der Waals surface area contributed by atoms with Crippen LogP contribution in [0.15, 0.2) is 36.4 Å². The summed E-state index contributed by atoms with van der Waals surface area (Å²) in [5, 5.41) is 9.65. The molecule has 172 valence electrons. The zero-order chi connectivity index (χ0) is 23.5. The highest BCUT2D eigenvalue weighted by molar-refractivity contribution is 6.33. The Balaban J connectivity index is 1.54. The lowest BCUT2D eigenvalue weighted by Gasteiger charge is -2.21. The van der Waals surface area contributed by atoms with Gasteiger partial charge in [0.25, 0.3) is 6.01 Å². The molecule has 2 atom stereocenters. The van der Waals surface area contributed by atoms with Gasteiger partial charge in [-0.3, -0.25) is 0 Å². The number of halogens is 1. The van der Waals surface area contributed by atoms with Gasteiger partial charge in [0.1, 0.15) is 5.78 Å². The average molecular weight is 468 g/mol. The number of aromatic nitrogens is 3. The Hall–Kier alpha value is -3.19. The van der Waals surface area contributed by atoms with Crippen LogP contribution < -0.4 is 4.74 Å². The maximum Gasteiger partial charge on any atom is 0.345 e. The lowest BCUT2D eigenvalue weighted by molar-refractivity contribution is -0.145. The molecule has 0 saturated carbocycles. The van der Waals surface area contributed by atoms with Crippen molar-refractivity contribution >= 4 is 40.1 Å². The molecule has 0 spiro atoms. The topological polar surface area (TPSA) is 105 Å². The molecule has 33 heavy (non-hydrogen) atoms. The number of hydrogen-bond donors (Lipinski definition) is 2. The molecule has 0 saturated heterocycles. The number of fused-ring (bicyclic) bond motifs is 1. The predicted octanol–water partition coefficient (Wildman–Crippen LogP) is 5.68. The lowest BCUT2D eigenvalue weighted by Crippen LogP contribution is -2.26. The summed E-state index contributed by atoms with van der Waals surface area (Å²) < 4.78 is 5.43. The number of rotatable bonds is 8. The fourth-order valence-electron chi connectivity index (χ4n) is 4.18. The summed E-state index contributed by atoms with van der Waals surface area (Å²) >= 11 is 6.49. The van der Waals surface area contributed by atoms with Gasteiger partial charge in [-0.1, -0.05) is 48.9 Å². The number of hydrogen-bond acceptors (Lipinski definition) is 5. The molecule has 0 bridgehead atoms. The summed E-state index contributed by atoms with van der Waals surface area (Å²) in [6, 6.07) is 9.91. The van der Waals surface area contributed by atoms with Crippen LogP contribution >= 0.6 is 11.6 Å². The molecule has 2 unspecified atom stereocenters. The van der Waals surface area contributed by atoms with Gasteiger partial charge in [0.15, 0.2) is 11.8 Å². The Morgan fingerprint density at radius 2 is 1.97 bits per heavy atom. The number of ketones is 1. The van der Waals surface area contributed by atoms with Crippen molar-refractivity contribution in [1.29, 1.82) is 0 Å². The number of H-pyrrole nitrogens is 1. The van der Waals surface area contributed by atoms with Gasteiger partial charge in [0.2, 0.25) is 0 Å². The summed E-state index contributed by atoms with van der Waals surface area (Å²) in [5.74, 6) is -0.344. The van der Waals surface area contributed by atoms with E-state index in [0.29, 0.717) is 40.6 Å². The number of aliphatic carboxylic acids is 1. The first-order valence-electron chi connectivity index (χ1n) is 11.1. The van der Waals surface area contributed by atoms with E-state index in [2.05, 4.69) is 33.2 Å². The molecule has 8 heteroatoms. The largest absolute Gasteiger partial charge is 0.479 e. The first-order valence-corrected chi connectivity index (χ1v) is 11.5. The third-order valence-corrected chi connectivity index (χ3v) is 6.22. The highest BCUT2D eigenvalue weighted by atomic mass is 35.5. The number of nitrogens with zero attached hydrogens (tertiary/aromatic N) is 2. The number of benzene rings is 1. The van der Waals surface area contributed by atoms with E-state index in [-0.39, 0.29) is 11.8 Å². The molecule has 1 aliphatic rings. The van der Waals surface area contributed by atoms with Crippen LogP contribution in [-0.4, -0.2) is 37.9 Å². The van der Waals surface area contributed by atoms with Gasteiger partial charge < -0.3 is 19.6 Å². The van der Waals surface area contributed by atoms with Crippen molar-refractivity contribution < 1.29 is 19.4 Å². The second-order valence-electron chi connectivity index (χ2n) is 8.44. The standard InChI is InChI=1S/C25H26ClN3O4/c1-3-21(24(31)32)33-25-27-20-13-19(26)22(28-23(20)29-25)18-10-8-17(9-11-18)16-6-4-15(5-7-16)12-14(2)30/h6,8-11,13,15,21H,3-5,7,12H2,1-2H3,(H,31,32)(H,27,28,29).